The van der Waals surface area contributed by atoms with E-state index in [1.807, 2.05) is 29.8 Å². The first-order valence-electron chi connectivity index (χ1n) is 11.8. The van der Waals surface area contributed by atoms with Gasteiger partial charge in [0.25, 0.3) is 0 Å². The number of hydrogen-bond acceptors (Lipinski definition) is 2. The summed E-state index contributed by atoms with van der Waals surface area (Å²) >= 11 is 1.86. The Bertz CT molecular complexity index is 1990. The van der Waals surface area contributed by atoms with Crippen molar-refractivity contribution in [3.63, 3.8) is 0 Å². The van der Waals surface area contributed by atoms with Crippen LogP contribution in [0.5, 0.6) is 0 Å². The van der Waals surface area contributed by atoms with Crippen molar-refractivity contribution in [2.45, 2.75) is 6.42 Å². The molecule has 2 heterocycles. The minimum atomic E-state index is -0.174. The van der Waals surface area contributed by atoms with Crippen molar-refractivity contribution >= 4 is 53.1 Å². The zero-order valence-corrected chi connectivity index (χ0v) is 19.5. The van der Waals surface area contributed by atoms with Crippen LogP contribution in [0.2, 0.25) is 0 Å². The van der Waals surface area contributed by atoms with Crippen LogP contribution in [0.3, 0.4) is 0 Å². The Balaban J connectivity index is 1.48. The van der Waals surface area contributed by atoms with Crippen molar-refractivity contribution in [1.29, 1.82) is 0 Å². The average molecular weight is 468 g/mol. The molecule has 8 rings (SSSR count). The lowest BCUT2D eigenvalue weighted by Gasteiger charge is -2.10. The predicted octanol–water partition coefficient (Wildman–Crippen LogP) is 9.13. The van der Waals surface area contributed by atoms with Gasteiger partial charge in [-0.2, -0.15) is 0 Å². The van der Waals surface area contributed by atoms with Crippen LogP contribution in [0.1, 0.15) is 11.1 Å². The predicted molar refractivity (Wildman–Crippen MR) is 146 cm³/mol. The lowest BCUT2D eigenvalue weighted by Crippen LogP contribution is -1.85. The SMILES string of the molecule is Fc1ccc2c(c1)-c1c(c3sc4ccc(-c5cccc6cnccc56)cc4c3c3ccccc13)C2. The first kappa shape index (κ1) is 19.2. The zero-order valence-electron chi connectivity index (χ0n) is 18.7. The summed E-state index contributed by atoms with van der Waals surface area (Å²) < 4.78 is 16.9. The minimum absolute atomic E-state index is 0.174. The molecule has 0 N–H and O–H groups in total. The van der Waals surface area contributed by atoms with Gasteiger partial charge in [0.05, 0.1) is 0 Å². The molecule has 7 aromatic rings. The highest BCUT2D eigenvalue weighted by atomic mass is 32.1. The van der Waals surface area contributed by atoms with E-state index < -0.39 is 0 Å². The van der Waals surface area contributed by atoms with Gasteiger partial charge in [-0.1, -0.05) is 54.6 Å². The first-order chi connectivity index (χ1) is 17.3. The van der Waals surface area contributed by atoms with E-state index in [0.29, 0.717) is 0 Å². The quantitative estimate of drug-likeness (QED) is 0.234. The summed E-state index contributed by atoms with van der Waals surface area (Å²) in [7, 11) is 0. The summed E-state index contributed by atoms with van der Waals surface area (Å²) in [5, 5.41) is 7.41. The smallest absolute Gasteiger partial charge is 0.123 e. The standard InChI is InChI=1S/C32H18FNS/c33-21-10-8-19-15-28-30(26(19)16-21)24-5-1-2-6-25(24)31-27-14-18(9-11-29(27)35-32(28)31)22-7-3-4-20-17-34-13-12-23(20)22/h1-14,16-17H,15H2. The Kier molecular flexibility index (Phi) is 3.83. The monoisotopic (exact) mass is 467 g/mol. The number of rotatable bonds is 1. The fourth-order valence-corrected chi connectivity index (χ4v) is 7.16. The van der Waals surface area contributed by atoms with E-state index in [1.165, 1.54) is 64.1 Å². The van der Waals surface area contributed by atoms with Crippen LogP contribution in [0.15, 0.2) is 97.3 Å². The van der Waals surface area contributed by atoms with Gasteiger partial charge in [0.2, 0.25) is 0 Å². The maximum atomic E-state index is 14.3. The topological polar surface area (TPSA) is 12.9 Å². The normalized spacial score (nSPS) is 12.6. The minimum Gasteiger partial charge on any atom is -0.264 e. The third kappa shape index (κ3) is 2.64. The summed E-state index contributed by atoms with van der Waals surface area (Å²) in [6.07, 6.45) is 4.64. The molecule has 0 atom stereocenters. The molecule has 0 aliphatic heterocycles. The molecule has 0 saturated carbocycles. The number of pyridine rings is 1. The summed E-state index contributed by atoms with van der Waals surface area (Å²) in [6, 6.07) is 29.2. The van der Waals surface area contributed by atoms with Crippen molar-refractivity contribution < 1.29 is 4.39 Å². The van der Waals surface area contributed by atoms with Crippen molar-refractivity contribution in [3.8, 4) is 22.3 Å². The molecule has 2 aromatic heterocycles. The second-order valence-corrected chi connectivity index (χ2v) is 10.3. The first-order valence-corrected chi connectivity index (χ1v) is 12.6. The van der Waals surface area contributed by atoms with Crippen LogP contribution in [0, 0.1) is 5.82 Å². The highest BCUT2D eigenvalue weighted by Gasteiger charge is 2.26. The van der Waals surface area contributed by atoms with Gasteiger partial charge in [0, 0.05) is 44.4 Å². The molecular weight excluding hydrogens is 449 g/mol. The van der Waals surface area contributed by atoms with Crippen molar-refractivity contribution in [2.75, 3.05) is 0 Å². The molecule has 5 aromatic carbocycles. The third-order valence-corrected chi connectivity index (χ3v) is 8.66. The molecule has 3 heteroatoms. The average Bonchev–Trinajstić information content (AvgIpc) is 3.47. The van der Waals surface area contributed by atoms with Crippen LogP contribution in [-0.2, 0) is 6.42 Å². The van der Waals surface area contributed by atoms with Crippen LogP contribution in [-0.4, -0.2) is 4.98 Å². The largest absolute Gasteiger partial charge is 0.264 e. The van der Waals surface area contributed by atoms with Gasteiger partial charge in [0.15, 0.2) is 0 Å². The molecule has 0 unspecified atom stereocenters. The Morgan fingerprint density at radius 3 is 2.60 bits per heavy atom. The fourth-order valence-electron chi connectivity index (χ4n) is 5.92. The van der Waals surface area contributed by atoms with E-state index in [-0.39, 0.29) is 5.82 Å². The Labute approximate surface area is 205 Å². The highest BCUT2D eigenvalue weighted by molar-refractivity contribution is 7.26. The number of benzene rings is 5. The molecule has 0 spiro atoms. The second kappa shape index (κ2) is 6.97. The number of hydrogen-bond donors (Lipinski definition) is 0. The number of fused-ring (bicyclic) bond motifs is 11. The Morgan fingerprint density at radius 1 is 0.743 bits per heavy atom. The summed E-state index contributed by atoms with van der Waals surface area (Å²) in [6.45, 7) is 0. The highest BCUT2D eigenvalue weighted by Crippen LogP contribution is 2.51. The Hall–Kier alpha value is -4.08. The fraction of sp³-hybridized carbons (Fsp3) is 0.0312. The van der Waals surface area contributed by atoms with Gasteiger partial charge in [-0.3, -0.25) is 4.98 Å². The van der Waals surface area contributed by atoms with Crippen molar-refractivity contribution in [2.24, 2.45) is 0 Å². The summed E-state index contributed by atoms with van der Waals surface area (Å²) in [5.41, 5.74) is 7.22. The maximum Gasteiger partial charge on any atom is 0.123 e. The lowest BCUT2D eigenvalue weighted by atomic mass is 9.93. The van der Waals surface area contributed by atoms with Gasteiger partial charge in [-0.15, -0.1) is 11.3 Å². The van der Waals surface area contributed by atoms with E-state index in [0.717, 1.165) is 17.4 Å². The van der Waals surface area contributed by atoms with Gasteiger partial charge >= 0.3 is 0 Å². The summed E-state index contributed by atoms with van der Waals surface area (Å²) in [4.78, 5) is 4.30. The van der Waals surface area contributed by atoms with E-state index >= 15 is 0 Å². The molecule has 0 bridgehead atoms. The van der Waals surface area contributed by atoms with Gasteiger partial charge in [-0.25, -0.2) is 4.39 Å². The van der Waals surface area contributed by atoms with Crippen LogP contribution in [0.25, 0.3) is 64.0 Å². The molecular formula is C32H18FNS. The van der Waals surface area contributed by atoms with Gasteiger partial charge in [-0.05, 0) is 79.9 Å². The van der Waals surface area contributed by atoms with Gasteiger partial charge in [0.1, 0.15) is 5.82 Å². The molecule has 1 nitrogen and oxygen atoms in total. The molecule has 1 aliphatic rings. The molecule has 0 radical (unpaired) electrons. The molecule has 0 saturated heterocycles. The molecule has 164 valence electrons. The Morgan fingerprint density at radius 2 is 1.66 bits per heavy atom. The van der Waals surface area contributed by atoms with E-state index in [1.54, 1.807) is 12.1 Å². The van der Waals surface area contributed by atoms with Crippen molar-refractivity contribution in [1.82, 2.24) is 4.98 Å². The molecule has 1 aliphatic carbocycles. The number of thiophene rings is 1. The zero-order chi connectivity index (χ0) is 23.1. The van der Waals surface area contributed by atoms with Crippen LogP contribution < -0.4 is 0 Å². The van der Waals surface area contributed by atoms with Crippen LogP contribution >= 0.6 is 11.3 Å². The molecule has 0 amide bonds. The van der Waals surface area contributed by atoms with E-state index in [9.17, 15) is 4.39 Å². The number of halogens is 1. The van der Waals surface area contributed by atoms with E-state index in [4.69, 9.17) is 0 Å². The van der Waals surface area contributed by atoms with E-state index in [2.05, 4.69) is 71.7 Å². The van der Waals surface area contributed by atoms with Crippen LogP contribution in [0.4, 0.5) is 4.39 Å². The lowest BCUT2D eigenvalue weighted by molar-refractivity contribution is 0.628. The molecule has 35 heavy (non-hydrogen) atoms. The number of aromatic nitrogens is 1. The maximum absolute atomic E-state index is 14.3. The number of nitrogens with zero attached hydrogens (tertiary/aromatic N) is 1. The molecule has 0 fully saturated rings. The summed E-state index contributed by atoms with van der Waals surface area (Å²) in [5.74, 6) is -0.174. The third-order valence-electron chi connectivity index (χ3n) is 7.43. The van der Waals surface area contributed by atoms with Crippen molar-refractivity contribution in [3.05, 3.63) is 114 Å². The van der Waals surface area contributed by atoms with Gasteiger partial charge < -0.3 is 0 Å². The second-order valence-electron chi connectivity index (χ2n) is 9.30.